The molecule has 4 nitrogen and oxygen atoms in total. The molecule has 41 heavy (non-hydrogen) atoms. The van der Waals surface area contributed by atoms with Gasteiger partial charge in [-0.3, -0.25) is 9.59 Å². The largest absolute Gasteiger partial charge is 0.427 e. The third-order valence-electron chi connectivity index (χ3n) is 10.5. The SMILES string of the molecule is C[C@]12CC(C(O)(C(F)(F)F)C(F)(F)F)C(=O)C=C1CC[C@@H]1[C@@H]2CC[C@]2(C)C(=O)C(C(O)(C(F)(F)F)C(F)(F)F)C[C@@H]12. The van der Waals surface area contributed by atoms with Crippen LogP contribution in [-0.4, -0.2) is 57.7 Å². The second-order valence-corrected chi connectivity index (χ2v) is 12.3. The monoisotopic (exact) mass is 618 g/mol. The molecule has 7 atom stereocenters. The smallest absolute Gasteiger partial charge is 0.373 e. The Morgan fingerprint density at radius 3 is 1.63 bits per heavy atom. The predicted molar refractivity (Wildman–Crippen MR) is 114 cm³/mol. The number of Topliss-reactive ketones (excluding diaryl/α,β-unsaturated/α-hetero) is 1. The normalized spacial score (nSPS) is 37.4. The van der Waals surface area contributed by atoms with Gasteiger partial charge in [0.2, 0.25) is 0 Å². The lowest BCUT2D eigenvalue weighted by Gasteiger charge is -2.58. The van der Waals surface area contributed by atoms with Crippen molar-refractivity contribution in [3.05, 3.63) is 11.6 Å². The molecule has 4 rings (SSSR count). The van der Waals surface area contributed by atoms with Gasteiger partial charge in [-0.25, -0.2) is 0 Å². The number of carbonyl (C=O) groups excluding carboxylic acids is 2. The molecule has 2 unspecified atom stereocenters. The number of aliphatic hydroxyl groups is 2. The first-order valence-corrected chi connectivity index (χ1v) is 12.7. The zero-order chi connectivity index (χ0) is 31.6. The fourth-order valence-corrected chi connectivity index (χ4v) is 8.29. The predicted octanol–water partition coefficient (Wildman–Crippen LogP) is 6.25. The molecule has 0 spiro atoms. The lowest BCUT2D eigenvalue weighted by molar-refractivity contribution is -0.382. The average Bonchev–Trinajstić information content (AvgIpc) is 3.06. The van der Waals surface area contributed by atoms with Crippen LogP contribution >= 0.6 is 0 Å². The molecule has 0 saturated heterocycles. The molecule has 4 aliphatic rings. The molecule has 3 saturated carbocycles. The lowest BCUT2D eigenvalue weighted by atomic mass is 9.46. The average molecular weight is 618 g/mol. The van der Waals surface area contributed by atoms with Crippen molar-refractivity contribution < 1.29 is 72.5 Å². The minimum absolute atomic E-state index is 0.0104. The number of halogens is 12. The molecule has 0 aromatic rings. The van der Waals surface area contributed by atoms with Gasteiger partial charge in [-0.1, -0.05) is 19.4 Å². The van der Waals surface area contributed by atoms with Crippen molar-refractivity contribution in [2.45, 2.75) is 88.3 Å². The van der Waals surface area contributed by atoms with E-state index in [9.17, 15) is 72.5 Å². The maximum Gasteiger partial charge on any atom is 0.427 e. The number of hydrogen-bond donors (Lipinski definition) is 2. The summed E-state index contributed by atoms with van der Waals surface area (Å²) in [5.74, 6) is -12.1. The van der Waals surface area contributed by atoms with Crippen LogP contribution in [0.5, 0.6) is 0 Å². The quantitative estimate of drug-likeness (QED) is 0.359. The number of alkyl halides is 12. The third kappa shape index (κ3) is 4.11. The van der Waals surface area contributed by atoms with Gasteiger partial charge in [-0.15, -0.1) is 0 Å². The number of hydrogen-bond acceptors (Lipinski definition) is 4. The van der Waals surface area contributed by atoms with E-state index in [1.54, 1.807) is 0 Å². The first-order valence-electron chi connectivity index (χ1n) is 12.7. The Bertz CT molecular complexity index is 1120. The molecule has 0 aromatic carbocycles. The van der Waals surface area contributed by atoms with Crippen molar-refractivity contribution in [3.8, 4) is 0 Å². The molecule has 0 radical (unpaired) electrons. The first kappa shape index (κ1) is 32.1. The van der Waals surface area contributed by atoms with Crippen LogP contribution in [0.15, 0.2) is 11.6 Å². The van der Waals surface area contributed by atoms with E-state index in [2.05, 4.69) is 0 Å². The van der Waals surface area contributed by atoms with Crippen LogP contribution < -0.4 is 0 Å². The fraction of sp³-hybridized carbons (Fsp3) is 0.840. The summed E-state index contributed by atoms with van der Waals surface area (Å²) in [6.45, 7) is 2.43. The standard InChI is InChI=1S/C25H26F12O4/c1-18-6-5-12-11(13(18)8-14(17(18)39)20(40,22(26,27)28)23(29,30)31)4-3-10-7-16(38)15(9-19(10,12)2)21(41,24(32,33)34)25(35,36)37/h7,11-15,40-41H,3-6,8-9H2,1-2H3/t11-,12+,13+,14?,15?,18+,19+/m1/s1. The van der Waals surface area contributed by atoms with Crippen molar-refractivity contribution in [3.63, 3.8) is 0 Å². The second-order valence-electron chi connectivity index (χ2n) is 12.3. The van der Waals surface area contributed by atoms with E-state index in [1.807, 2.05) is 0 Å². The molecule has 2 N–H and O–H groups in total. The van der Waals surface area contributed by atoms with E-state index in [0.29, 0.717) is 6.08 Å². The van der Waals surface area contributed by atoms with E-state index in [0.717, 1.165) is 6.92 Å². The lowest BCUT2D eigenvalue weighted by Crippen LogP contribution is -2.65. The van der Waals surface area contributed by atoms with Crippen LogP contribution in [0.25, 0.3) is 0 Å². The second kappa shape index (κ2) is 8.85. The highest BCUT2D eigenvalue weighted by atomic mass is 19.4. The number of carbonyl (C=O) groups is 2. The Balaban J connectivity index is 1.76. The Labute approximate surface area is 225 Å². The van der Waals surface area contributed by atoms with Crippen molar-refractivity contribution in [2.75, 3.05) is 0 Å². The third-order valence-corrected chi connectivity index (χ3v) is 10.5. The molecule has 3 fully saturated rings. The van der Waals surface area contributed by atoms with Crippen molar-refractivity contribution in [1.82, 2.24) is 0 Å². The van der Waals surface area contributed by atoms with Gasteiger partial charge in [0, 0.05) is 5.41 Å². The number of fused-ring (bicyclic) bond motifs is 5. The van der Waals surface area contributed by atoms with E-state index in [-0.39, 0.29) is 31.3 Å². The Morgan fingerprint density at radius 2 is 1.17 bits per heavy atom. The highest BCUT2D eigenvalue weighted by molar-refractivity contribution is 5.95. The molecule has 0 heterocycles. The molecule has 234 valence electrons. The van der Waals surface area contributed by atoms with Crippen LogP contribution in [-0.2, 0) is 9.59 Å². The van der Waals surface area contributed by atoms with E-state index in [1.165, 1.54) is 6.92 Å². The summed E-state index contributed by atoms with van der Waals surface area (Å²) in [7, 11) is 0. The van der Waals surface area contributed by atoms with E-state index < -0.39 is 101 Å². The molecule has 4 aliphatic carbocycles. The van der Waals surface area contributed by atoms with Crippen LogP contribution in [0.2, 0.25) is 0 Å². The minimum Gasteiger partial charge on any atom is -0.373 e. The summed E-state index contributed by atoms with van der Waals surface area (Å²) in [4.78, 5) is 25.8. The fourth-order valence-electron chi connectivity index (χ4n) is 8.29. The maximum absolute atomic E-state index is 13.7. The Hall–Kier alpha value is -1.84. The summed E-state index contributed by atoms with van der Waals surface area (Å²) >= 11 is 0. The van der Waals surface area contributed by atoms with Crippen molar-refractivity contribution in [1.29, 1.82) is 0 Å². The highest BCUT2D eigenvalue weighted by Gasteiger charge is 2.80. The van der Waals surface area contributed by atoms with Crippen LogP contribution in [0, 0.1) is 40.4 Å². The summed E-state index contributed by atoms with van der Waals surface area (Å²) in [6.07, 6.45) is -27.4. The van der Waals surface area contributed by atoms with Crippen LogP contribution in [0.1, 0.15) is 52.4 Å². The van der Waals surface area contributed by atoms with Gasteiger partial charge < -0.3 is 10.2 Å². The Morgan fingerprint density at radius 1 is 0.707 bits per heavy atom. The highest BCUT2D eigenvalue weighted by Crippen LogP contribution is 2.68. The van der Waals surface area contributed by atoms with E-state index >= 15 is 0 Å². The molecule has 0 amide bonds. The van der Waals surface area contributed by atoms with Gasteiger partial charge in [0.05, 0.1) is 11.8 Å². The van der Waals surface area contributed by atoms with Crippen molar-refractivity contribution in [2.24, 2.45) is 40.4 Å². The van der Waals surface area contributed by atoms with Gasteiger partial charge in [-0.05, 0) is 67.8 Å². The first-order chi connectivity index (χ1) is 18.2. The maximum atomic E-state index is 13.7. The molecule has 16 heteroatoms. The van der Waals surface area contributed by atoms with Crippen molar-refractivity contribution >= 4 is 11.6 Å². The van der Waals surface area contributed by atoms with E-state index in [4.69, 9.17) is 0 Å². The van der Waals surface area contributed by atoms with Gasteiger partial charge in [0.1, 0.15) is 5.78 Å². The molecule has 0 aliphatic heterocycles. The van der Waals surface area contributed by atoms with Gasteiger partial charge in [0.25, 0.3) is 11.2 Å². The summed E-state index contributed by atoms with van der Waals surface area (Å²) < 4.78 is 164. The van der Waals surface area contributed by atoms with Gasteiger partial charge in [0.15, 0.2) is 5.78 Å². The van der Waals surface area contributed by atoms with Gasteiger partial charge in [-0.2, -0.15) is 52.7 Å². The summed E-state index contributed by atoms with van der Waals surface area (Å²) in [6, 6.07) is 0. The Kier molecular flexibility index (Phi) is 6.93. The molecular formula is C25H26F12O4. The number of allylic oxidation sites excluding steroid dienone is 1. The zero-order valence-electron chi connectivity index (χ0n) is 21.5. The van der Waals surface area contributed by atoms with Crippen LogP contribution in [0.4, 0.5) is 52.7 Å². The number of ketones is 2. The summed E-state index contributed by atoms with van der Waals surface area (Å²) in [5.41, 5.74) is -14.0. The molecule has 0 aromatic heterocycles. The van der Waals surface area contributed by atoms with Crippen LogP contribution in [0.3, 0.4) is 0 Å². The number of rotatable bonds is 2. The minimum atomic E-state index is -6.31. The topological polar surface area (TPSA) is 74.6 Å². The molecular weight excluding hydrogens is 592 g/mol. The molecule has 0 bridgehead atoms. The van der Waals surface area contributed by atoms with Gasteiger partial charge >= 0.3 is 24.7 Å². The zero-order valence-corrected chi connectivity index (χ0v) is 21.5. The summed E-state index contributed by atoms with van der Waals surface area (Å²) in [5, 5.41) is 20.0.